The summed E-state index contributed by atoms with van der Waals surface area (Å²) in [6, 6.07) is 10.2. The van der Waals surface area contributed by atoms with Crippen molar-refractivity contribution in [2.75, 3.05) is 31.2 Å². The average Bonchev–Trinajstić information content (AvgIpc) is 3.43. The van der Waals surface area contributed by atoms with Crippen molar-refractivity contribution in [3.05, 3.63) is 52.5 Å². The Bertz CT molecular complexity index is 887. The number of benzene rings is 1. The van der Waals surface area contributed by atoms with Gasteiger partial charge in [0.05, 0.1) is 13.2 Å². The molecule has 0 bridgehead atoms. The molecule has 0 atom stereocenters. The molecular formula is C20H22N4O3S. The Hall–Kier alpha value is -2.71. The average molecular weight is 398 g/mol. The first kappa shape index (κ1) is 18.6. The lowest BCUT2D eigenvalue weighted by atomic mass is 10.2. The van der Waals surface area contributed by atoms with E-state index in [0.717, 1.165) is 37.4 Å². The number of ether oxygens (including phenoxy) is 1. The highest BCUT2D eigenvalue weighted by atomic mass is 32.1. The largest absolute Gasteiger partial charge is 0.378 e. The van der Waals surface area contributed by atoms with Crippen LogP contribution in [0.4, 0.5) is 5.69 Å². The van der Waals surface area contributed by atoms with E-state index in [9.17, 15) is 4.79 Å². The lowest BCUT2D eigenvalue weighted by molar-refractivity contribution is -0.121. The van der Waals surface area contributed by atoms with Crippen LogP contribution in [-0.2, 0) is 22.5 Å². The van der Waals surface area contributed by atoms with Crippen molar-refractivity contribution in [2.24, 2.45) is 0 Å². The number of nitrogens with one attached hydrogen (secondary N) is 1. The Balaban J connectivity index is 1.22. The number of rotatable bonds is 7. The zero-order valence-corrected chi connectivity index (χ0v) is 16.3. The van der Waals surface area contributed by atoms with Crippen LogP contribution < -0.4 is 10.2 Å². The van der Waals surface area contributed by atoms with Crippen molar-refractivity contribution < 1.29 is 14.1 Å². The van der Waals surface area contributed by atoms with Crippen LogP contribution in [0.25, 0.3) is 11.4 Å². The summed E-state index contributed by atoms with van der Waals surface area (Å²) in [5, 5.41) is 10.8. The SMILES string of the molecule is O=C(CCc1nc(-c2ccsc2)no1)NCc1ccc(N2CCOCC2)cc1. The zero-order chi connectivity index (χ0) is 19.2. The number of aryl methyl sites for hydroxylation is 1. The normalized spacial score (nSPS) is 14.2. The molecule has 7 nitrogen and oxygen atoms in total. The molecule has 8 heteroatoms. The van der Waals surface area contributed by atoms with Crippen molar-refractivity contribution in [1.82, 2.24) is 15.5 Å². The van der Waals surface area contributed by atoms with Gasteiger partial charge in [0.15, 0.2) is 0 Å². The molecular weight excluding hydrogens is 376 g/mol. The zero-order valence-electron chi connectivity index (χ0n) is 15.5. The number of amides is 1. The smallest absolute Gasteiger partial charge is 0.227 e. The predicted octanol–water partition coefficient (Wildman–Crippen LogP) is 2.88. The van der Waals surface area contributed by atoms with Gasteiger partial charge in [-0.15, -0.1) is 0 Å². The van der Waals surface area contributed by atoms with Crippen molar-refractivity contribution in [2.45, 2.75) is 19.4 Å². The van der Waals surface area contributed by atoms with Gasteiger partial charge in [0.25, 0.3) is 0 Å². The van der Waals surface area contributed by atoms with E-state index < -0.39 is 0 Å². The second kappa shape index (κ2) is 8.99. The van der Waals surface area contributed by atoms with Gasteiger partial charge in [0.2, 0.25) is 17.6 Å². The molecule has 2 aromatic heterocycles. The predicted molar refractivity (Wildman–Crippen MR) is 107 cm³/mol. The molecule has 1 aromatic carbocycles. The third-order valence-electron chi connectivity index (χ3n) is 4.62. The van der Waals surface area contributed by atoms with Gasteiger partial charge in [-0.1, -0.05) is 17.3 Å². The summed E-state index contributed by atoms with van der Waals surface area (Å²) in [5.74, 6) is 1.01. The topological polar surface area (TPSA) is 80.5 Å². The molecule has 0 spiro atoms. The van der Waals surface area contributed by atoms with Gasteiger partial charge < -0.3 is 19.5 Å². The molecule has 0 saturated carbocycles. The number of carbonyl (C=O) groups excluding carboxylic acids is 1. The minimum absolute atomic E-state index is 0.0347. The van der Waals surface area contributed by atoms with Crippen molar-refractivity contribution in [3.8, 4) is 11.4 Å². The summed E-state index contributed by atoms with van der Waals surface area (Å²) >= 11 is 1.58. The van der Waals surface area contributed by atoms with Gasteiger partial charge in [-0.3, -0.25) is 4.79 Å². The van der Waals surface area contributed by atoms with Crippen molar-refractivity contribution in [3.63, 3.8) is 0 Å². The van der Waals surface area contributed by atoms with Gasteiger partial charge in [0, 0.05) is 49.1 Å². The number of anilines is 1. The second-order valence-electron chi connectivity index (χ2n) is 6.57. The molecule has 1 aliphatic rings. The molecule has 1 fully saturated rings. The summed E-state index contributed by atoms with van der Waals surface area (Å²) in [4.78, 5) is 18.8. The molecule has 3 heterocycles. The number of morpholine rings is 1. The number of nitrogens with zero attached hydrogens (tertiary/aromatic N) is 3. The highest BCUT2D eigenvalue weighted by molar-refractivity contribution is 7.08. The number of carbonyl (C=O) groups is 1. The van der Waals surface area contributed by atoms with Gasteiger partial charge in [0.1, 0.15) is 0 Å². The molecule has 28 heavy (non-hydrogen) atoms. The monoisotopic (exact) mass is 398 g/mol. The van der Waals surface area contributed by atoms with Crippen LogP contribution in [0.15, 0.2) is 45.6 Å². The number of hydrogen-bond donors (Lipinski definition) is 1. The summed E-state index contributed by atoms with van der Waals surface area (Å²) in [6.07, 6.45) is 0.746. The van der Waals surface area contributed by atoms with Crippen molar-refractivity contribution >= 4 is 22.9 Å². The number of aromatic nitrogens is 2. The molecule has 3 aromatic rings. The fourth-order valence-electron chi connectivity index (χ4n) is 3.02. The molecule has 1 saturated heterocycles. The second-order valence-corrected chi connectivity index (χ2v) is 7.35. The maximum Gasteiger partial charge on any atom is 0.227 e. The lowest BCUT2D eigenvalue weighted by Gasteiger charge is -2.28. The Labute approximate surface area is 167 Å². The Kier molecular flexibility index (Phi) is 5.98. The molecule has 4 rings (SSSR count). The van der Waals surface area contributed by atoms with E-state index in [1.807, 2.05) is 16.8 Å². The van der Waals surface area contributed by atoms with Gasteiger partial charge >= 0.3 is 0 Å². The highest BCUT2D eigenvalue weighted by Crippen LogP contribution is 2.19. The van der Waals surface area contributed by atoms with E-state index in [2.05, 4.69) is 44.6 Å². The van der Waals surface area contributed by atoms with Gasteiger partial charge in [-0.2, -0.15) is 16.3 Å². The molecule has 1 aliphatic heterocycles. The minimum Gasteiger partial charge on any atom is -0.378 e. The molecule has 1 amide bonds. The first-order chi connectivity index (χ1) is 13.8. The van der Waals surface area contributed by atoms with Crippen LogP contribution in [0.3, 0.4) is 0 Å². The third kappa shape index (κ3) is 4.76. The number of thiophene rings is 1. The highest BCUT2D eigenvalue weighted by Gasteiger charge is 2.12. The lowest BCUT2D eigenvalue weighted by Crippen LogP contribution is -2.36. The summed E-state index contributed by atoms with van der Waals surface area (Å²) < 4.78 is 10.6. The van der Waals surface area contributed by atoms with Gasteiger partial charge in [-0.25, -0.2) is 0 Å². The fourth-order valence-corrected chi connectivity index (χ4v) is 3.66. The van der Waals surface area contributed by atoms with E-state index in [-0.39, 0.29) is 5.91 Å². The summed E-state index contributed by atoms with van der Waals surface area (Å²) in [6.45, 7) is 3.88. The molecule has 0 unspecified atom stereocenters. The maximum atomic E-state index is 12.1. The molecule has 0 radical (unpaired) electrons. The first-order valence-electron chi connectivity index (χ1n) is 9.31. The van der Waals surface area contributed by atoms with E-state index in [1.165, 1.54) is 5.69 Å². The Morgan fingerprint density at radius 2 is 2.00 bits per heavy atom. The fraction of sp³-hybridized carbons (Fsp3) is 0.350. The standard InChI is InChI=1S/C20H22N4O3S/c25-18(5-6-19-22-20(23-27-19)16-7-12-28-14-16)21-13-15-1-3-17(4-2-15)24-8-10-26-11-9-24/h1-4,7,12,14H,5-6,8-11,13H2,(H,21,25). The summed E-state index contributed by atoms with van der Waals surface area (Å²) in [7, 11) is 0. The van der Waals surface area contributed by atoms with E-state index >= 15 is 0 Å². The Morgan fingerprint density at radius 3 is 2.75 bits per heavy atom. The van der Waals surface area contributed by atoms with Crippen LogP contribution in [0.5, 0.6) is 0 Å². The van der Waals surface area contributed by atoms with E-state index in [0.29, 0.717) is 31.1 Å². The number of hydrogen-bond acceptors (Lipinski definition) is 7. The Morgan fingerprint density at radius 1 is 1.18 bits per heavy atom. The van der Waals surface area contributed by atoms with Crippen LogP contribution in [0.2, 0.25) is 0 Å². The van der Waals surface area contributed by atoms with Gasteiger partial charge in [-0.05, 0) is 29.1 Å². The third-order valence-corrected chi connectivity index (χ3v) is 5.30. The van der Waals surface area contributed by atoms with Crippen LogP contribution in [-0.4, -0.2) is 42.4 Å². The van der Waals surface area contributed by atoms with Crippen molar-refractivity contribution in [1.29, 1.82) is 0 Å². The maximum absolute atomic E-state index is 12.1. The summed E-state index contributed by atoms with van der Waals surface area (Å²) in [5.41, 5.74) is 3.20. The minimum atomic E-state index is -0.0347. The molecule has 0 aliphatic carbocycles. The quantitative estimate of drug-likeness (QED) is 0.659. The molecule has 1 N–H and O–H groups in total. The van der Waals surface area contributed by atoms with E-state index in [1.54, 1.807) is 11.3 Å². The molecule has 146 valence electrons. The van der Waals surface area contributed by atoms with E-state index in [4.69, 9.17) is 9.26 Å². The van der Waals surface area contributed by atoms with Crippen LogP contribution >= 0.6 is 11.3 Å². The first-order valence-corrected chi connectivity index (χ1v) is 10.3. The van der Waals surface area contributed by atoms with Crippen LogP contribution in [0, 0.1) is 0 Å². The van der Waals surface area contributed by atoms with Crippen LogP contribution in [0.1, 0.15) is 17.9 Å².